The standard InChI is InChI=1S/C11H14N2O5S/c1-18-11-6-8(2-3-10(11)13(14)15)12-9-4-5-19(16,17)7-9/h2-3,6,9,12H,4-5,7H2,1H3. The summed E-state index contributed by atoms with van der Waals surface area (Å²) in [5.74, 6) is 0.414. The van der Waals surface area contributed by atoms with E-state index in [2.05, 4.69) is 5.32 Å². The zero-order chi connectivity index (χ0) is 14.0. The number of nitrogens with one attached hydrogen (secondary N) is 1. The first kappa shape index (κ1) is 13.6. The number of hydrogen-bond donors (Lipinski definition) is 1. The van der Waals surface area contributed by atoms with E-state index in [0.29, 0.717) is 12.1 Å². The number of benzene rings is 1. The van der Waals surface area contributed by atoms with E-state index in [1.54, 1.807) is 6.07 Å². The number of nitro groups is 1. The van der Waals surface area contributed by atoms with Crippen LogP contribution >= 0.6 is 0 Å². The number of anilines is 1. The van der Waals surface area contributed by atoms with Gasteiger partial charge in [-0.15, -0.1) is 0 Å². The summed E-state index contributed by atoms with van der Waals surface area (Å²) in [4.78, 5) is 10.2. The first-order valence-electron chi connectivity index (χ1n) is 5.71. The Balaban J connectivity index is 2.16. The van der Waals surface area contributed by atoms with E-state index < -0.39 is 14.8 Å². The normalized spacial score (nSPS) is 21.0. The average Bonchev–Trinajstić information content (AvgIpc) is 2.68. The number of sulfone groups is 1. The molecule has 19 heavy (non-hydrogen) atoms. The molecule has 0 saturated carbocycles. The Morgan fingerprint density at radius 2 is 2.21 bits per heavy atom. The molecule has 1 saturated heterocycles. The van der Waals surface area contributed by atoms with Crippen LogP contribution in [0.25, 0.3) is 0 Å². The van der Waals surface area contributed by atoms with Crippen molar-refractivity contribution >= 4 is 21.2 Å². The average molecular weight is 286 g/mol. The lowest BCUT2D eigenvalue weighted by atomic mass is 10.2. The van der Waals surface area contributed by atoms with Crippen LogP contribution in [0.4, 0.5) is 11.4 Å². The van der Waals surface area contributed by atoms with Crippen LogP contribution in [-0.4, -0.2) is 38.0 Å². The van der Waals surface area contributed by atoms with E-state index in [1.807, 2.05) is 0 Å². The monoisotopic (exact) mass is 286 g/mol. The lowest BCUT2D eigenvalue weighted by Gasteiger charge is -2.13. The zero-order valence-corrected chi connectivity index (χ0v) is 11.1. The molecule has 1 aromatic rings. The molecule has 8 heteroatoms. The van der Waals surface area contributed by atoms with Gasteiger partial charge in [-0.05, 0) is 12.5 Å². The minimum absolute atomic E-state index is 0.0896. The number of hydrogen-bond acceptors (Lipinski definition) is 6. The number of nitrogens with zero attached hydrogens (tertiary/aromatic N) is 1. The first-order valence-corrected chi connectivity index (χ1v) is 7.53. The molecular formula is C11H14N2O5S. The van der Waals surface area contributed by atoms with Crippen LogP contribution in [0.1, 0.15) is 6.42 Å². The quantitative estimate of drug-likeness (QED) is 0.659. The molecule has 1 heterocycles. The van der Waals surface area contributed by atoms with Gasteiger partial charge in [0.05, 0.1) is 23.5 Å². The van der Waals surface area contributed by atoms with Crippen LogP contribution in [0.5, 0.6) is 5.75 Å². The van der Waals surface area contributed by atoms with Crippen molar-refractivity contribution in [2.45, 2.75) is 12.5 Å². The van der Waals surface area contributed by atoms with E-state index in [4.69, 9.17) is 4.74 Å². The van der Waals surface area contributed by atoms with E-state index in [9.17, 15) is 18.5 Å². The summed E-state index contributed by atoms with van der Waals surface area (Å²) in [6, 6.07) is 4.23. The number of ether oxygens (including phenoxy) is 1. The third-order valence-corrected chi connectivity index (χ3v) is 4.75. The molecule has 1 atom stereocenters. The highest BCUT2D eigenvalue weighted by Gasteiger charge is 2.28. The van der Waals surface area contributed by atoms with Crippen molar-refractivity contribution in [1.82, 2.24) is 0 Å². The van der Waals surface area contributed by atoms with Crippen molar-refractivity contribution in [2.75, 3.05) is 23.9 Å². The second-order valence-electron chi connectivity index (χ2n) is 4.39. The summed E-state index contributed by atoms with van der Waals surface area (Å²) < 4.78 is 27.6. The Kier molecular flexibility index (Phi) is 3.61. The van der Waals surface area contributed by atoms with Crippen molar-refractivity contribution in [3.8, 4) is 5.75 Å². The van der Waals surface area contributed by atoms with Gasteiger partial charge in [0.2, 0.25) is 0 Å². The Bertz CT molecular complexity index is 599. The lowest BCUT2D eigenvalue weighted by molar-refractivity contribution is -0.385. The second kappa shape index (κ2) is 5.04. The fourth-order valence-corrected chi connectivity index (χ4v) is 3.74. The molecule has 0 spiro atoms. The summed E-state index contributed by atoms with van der Waals surface area (Å²) in [6.07, 6.45) is 0.543. The lowest BCUT2D eigenvalue weighted by Crippen LogP contribution is -2.20. The maximum atomic E-state index is 11.3. The van der Waals surface area contributed by atoms with Gasteiger partial charge >= 0.3 is 5.69 Å². The van der Waals surface area contributed by atoms with Crippen LogP contribution in [-0.2, 0) is 9.84 Å². The van der Waals surface area contributed by atoms with Gasteiger partial charge < -0.3 is 10.1 Å². The minimum atomic E-state index is -2.95. The van der Waals surface area contributed by atoms with Gasteiger partial charge in [0.25, 0.3) is 0 Å². The SMILES string of the molecule is COc1cc(NC2CCS(=O)(=O)C2)ccc1[N+](=O)[O-]. The summed E-state index contributed by atoms with van der Waals surface area (Å²) in [5, 5.41) is 13.8. The summed E-state index contributed by atoms with van der Waals surface area (Å²) in [6.45, 7) is 0. The highest BCUT2D eigenvalue weighted by molar-refractivity contribution is 7.91. The van der Waals surface area contributed by atoms with E-state index in [0.717, 1.165) is 0 Å². The molecule has 0 bridgehead atoms. The Hall–Kier alpha value is -1.83. The number of methoxy groups -OCH3 is 1. The van der Waals surface area contributed by atoms with E-state index in [-0.39, 0.29) is 29.0 Å². The maximum Gasteiger partial charge on any atom is 0.311 e. The minimum Gasteiger partial charge on any atom is -0.490 e. The van der Waals surface area contributed by atoms with Gasteiger partial charge in [0.1, 0.15) is 0 Å². The number of nitro benzene ring substituents is 1. The molecule has 1 unspecified atom stereocenters. The van der Waals surface area contributed by atoms with Crippen molar-refractivity contribution in [3.63, 3.8) is 0 Å². The molecule has 1 aliphatic rings. The van der Waals surface area contributed by atoms with Gasteiger partial charge in [-0.1, -0.05) is 0 Å². The highest BCUT2D eigenvalue weighted by Crippen LogP contribution is 2.30. The third-order valence-electron chi connectivity index (χ3n) is 2.98. The third kappa shape index (κ3) is 3.14. The van der Waals surface area contributed by atoms with Crippen molar-refractivity contribution < 1.29 is 18.1 Å². The topological polar surface area (TPSA) is 98.5 Å². The fourth-order valence-electron chi connectivity index (χ4n) is 2.06. The predicted octanol–water partition coefficient (Wildman–Crippen LogP) is 1.20. The highest BCUT2D eigenvalue weighted by atomic mass is 32.2. The summed E-state index contributed by atoms with van der Waals surface area (Å²) in [5.41, 5.74) is 0.497. The molecule has 2 rings (SSSR count). The molecule has 7 nitrogen and oxygen atoms in total. The molecule has 104 valence electrons. The van der Waals surface area contributed by atoms with E-state index >= 15 is 0 Å². The van der Waals surface area contributed by atoms with Crippen molar-refractivity contribution in [1.29, 1.82) is 0 Å². The molecule has 1 fully saturated rings. The molecule has 1 N–H and O–H groups in total. The van der Waals surface area contributed by atoms with Gasteiger partial charge in [-0.3, -0.25) is 10.1 Å². The molecule has 1 aliphatic heterocycles. The zero-order valence-electron chi connectivity index (χ0n) is 10.3. The molecular weight excluding hydrogens is 272 g/mol. The molecule has 0 aromatic heterocycles. The first-order chi connectivity index (χ1) is 8.91. The molecule has 0 aliphatic carbocycles. The van der Waals surface area contributed by atoms with Gasteiger partial charge in [0.15, 0.2) is 15.6 Å². The number of rotatable bonds is 4. The Morgan fingerprint density at radius 1 is 1.47 bits per heavy atom. The second-order valence-corrected chi connectivity index (χ2v) is 6.62. The Labute approximate surface area is 110 Å². The Morgan fingerprint density at radius 3 is 2.74 bits per heavy atom. The van der Waals surface area contributed by atoms with Gasteiger partial charge in [-0.25, -0.2) is 8.42 Å². The smallest absolute Gasteiger partial charge is 0.311 e. The van der Waals surface area contributed by atoms with Crippen molar-refractivity contribution in [2.24, 2.45) is 0 Å². The van der Waals surface area contributed by atoms with Crippen LogP contribution in [0.2, 0.25) is 0 Å². The van der Waals surface area contributed by atoms with Crippen LogP contribution in [0.3, 0.4) is 0 Å². The molecule has 0 radical (unpaired) electrons. The largest absolute Gasteiger partial charge is 0.490 e. The van der Waals surface area contributed by atoms with Crippen LogP contribution in [0.15, 0.2) is 18.2 Å². The summed E-state index contributed by atoms with van der Waals surface area (Å²) in [7, 11) is -1.60. The molecule has 1 aromatic carbocycles. The predicted molar refractivity (Wildman–Crippen MR) is 70.3 cm³/mol. The van der Waals surface area contributed by atoms with E-state index in [1.165, 1.54) is 19.2 Å². The van der Waals surface area contributed by atoms with Crippen LogP contribution < -0.4 is 10.1 Å². The molecule has 0 amide bonds. The van der Waals surface area contributed by atoms with Crippen molar-refractivity contribution in [3.05, 3.63) is 28.3 Å². The van der Waals surface area contributed by atoms with Gasteiger partial charge in [0, 0.05) is 23.9 Å². The van der Waals surface area contributed by atoms with Gasteiger partial charge in [-0.2, -0.15) is 0 Å². The maximum absolute atomic E-state index is 11.3. The summed E-state index contributed by atoms with van der Waals surface area (Å²) >= 11 is 0. The van der Waals surface area contributed by atoms with Crippen LogP contribution in [0, 0.1) is 10.1 Å². The fraction of sp³-hybridized carbons (Fsp3) is 0.455.